The van der Waals surface area contributed by atoms with Crippen LogP contribution >= 0.6 is 0 Å². The molecule has 3 aromatic rings. The van der Waals surface area contributed by atoms with E-state index in [1.807, 2.05) is 66.7 Å². The Morgan fingerprint density at radius 3 is 1.76 bits per heavy atom. The first-order chi connectivity index (χ1) is 17.5. The van der Waals surface area contributed by atoms with Crippen LogP contribution in [0.5, 0.6) is 17.2 Å². The summed E-state index contributed by atoms with van der Waals surface area (Å²) in [5.41, 5.74) is 2.56. The molecule has 0 aliphatic rings. The van der Waals surface area contributed by atoms with Crippen LogP contribution in [0, 0.1) is 0 Å². The molecule has 2 N–H and O–H groups in total. The summed E-state index contributed by atoms with van der Waals surface area (Å²) in [6.07, 6.45) is -0.0957. The summed E-state index contributed by atoms with van der Waals surface area (Å²) in [4.78, 5) is 24.1. The third-order valence-corrected chi connectivity index (χ3v) is 6.12. The highest BCUT2D eigenvalue weighted by Crippen LogP contribution is 2.41. The Labute approximate surface area is 217 Å². The predicted octanol–water partition coefficient (Wildman–Crippen LogP) is 4.79. The second-order valence-corrected chi connectivity index (χ2v) is 9.42. The van der Waals surface area contributed by atoms with Crippen molar-refractivity contribution >= 4 is 11.8 Å². The summed E-state index contributed by atoms with van der Waals surface area (Å²) in [5, 5.41) is 7.61. The van der Waals surface area contributed by atoms with Gasteiger partial charge in [0.15, 0.2) is 5.78 Å². The molecule has 0 aliphatic carbocycles. The predicted molar refractivity (Wildman–Crippen MR) is 142 cm³/mol. The molecular formula is C30H35O7+. The van der Waals surface area contributed by atoms with Gasteiger partial charge in [-0.05, 0) is 60.0 Å². The molecule has 0 aromatic heterocycles. The van der Waals surface area contributed by atoms with E-state index in [1.54, 1.807) is 20.3 Å². The number of ketones is 1. The largest absolute Gasteiger partial charge is 0.497 e. The van der Waals surface area contributed by atoms with Crippen molar-refractivity contribution in [1.29, 1.82) is 0 Å². The van der Waals surface area contributed by atoms with Crippen molar-refractivity contribution in [3.63, 3.8) is 0 Å². The second-order valence-electron chi connectivity index (χ2n) is 9.42. The van der Waals surface area contributed by atoms with E-state index < -0.39 is 17.2 Å². The SMILES string of the molecule is COc1ccc(C(C)(c2ccc(OC)cc2)c2cccc(OCC(=O)CCC(=O)OC(C)(C)[OH2+])c2)cc1. The van der Waals surface area contributed by atoms with Gasteiger partial charge in [-0.2, -0.15) is 0 Å². The Kier molecular flexibility index (Phi) is 8.95. The fraction of sp³-hybridized carbons (Fsp3) is 0.333. The minimum absolute atomic E-state index is 0.00990. The lowest BCUT2D eigenvalue weighted by atomic mass is 9.71. The van der Waals surface area contributed by atoms with Crippen molar-refractivity contribution in [3.05, 3.63) is 89.5 Å². The van der Waals surface area contributed by atoms with E-state index in [0.29, 0.717) is 5.75 Å². The van der Waals surface area contributed by atoms with Gasteiger partial charge in [-0.25, -0.2) is 0 Å². The standard InChI is InChI=1S/C30H34O7/c1-29(2,33)37-28(32)18-13-24(31)20-36-27-8-6-7-23(19-27)30(3,21-9-14-25(34-4)15-10-21)22-11-16-26(35-5)17-12-22/h6-12,14-17,19,33H,13,18,20H2,1-5H3/p+1. The van der Waals surface area contributed by atoms with E-state index in [9.17, 15) is 9.59 Å². The van der Waals surface area contributed by atoms with E-state index in [0.717, 1.165) is 28.2 Å². The number of Topliss-reactive ketones (excluding diaryl/α,β-unsaturated/α-hetero) is 1. The number of benzene rings is 3. The first-order valence-corrected chi connectivity index (χ1v) is 12.1. The number of hydrogen-bond donors (Lipinski definition) is 0. The van der Waals surface area contributed by atoms with Gasteiger partial charge in [0.05, 0.1) is 34.5 Å². The fourth-order valence-corrected chi connectivity index (χ4v) is 4.06. The summed E-state index contributed by atoms with van der Waals surface area (Å²) in [5.74, 6) is -0.0345. The molecule has 0 saturated carbocycles. The molecule has 0 saturated heterocycles. The molecule has 7 nitrogen and oxygen atoms in total. The van der Waals surface area contributed by atoms with Gasteiger partial charge in [0.1, 0.15) is 23.9 Å². The van der Waals surface area contributed by atoms with Crippen molar-refractivity contribution in [2.75, 3.05) is 20.8 Å². The molecule has 0 unspecified atom stereocenters. The average Bonchev–Trinajstić information content (AvgIpc) is 2.89. The number of carbonyl (C=O) groups excluding carboxylic acids is 2. The third-order valence-electron chi connectivity index (χ3n) is 6.12. The number of esters is 1. The van der Waals surface area contributed by atoms with Crippen LogP contribution in [0.15, 0.2) is 72.8 Å². The highest BCUT2D eigenvalue weighted by molar-refractivity contribution is 5.84. The Hall–Kier alpha value is -3.84. The highest BCUT2D eigenvalue weighted by Gasteiger charge is 2.32. The van der Waals surface area contributed by atoms with E-state index >= 15 is 0 Å². The number of methoxy groups -OCH3 is 2. The first-order valence-electron chi connectivity index (χ1n) is 12.1. The molecular weight excluding hydrogens is 472 g/mol. The minimum atomic E-state index is -1.32. The van der Waals surface area contributed by atoms with Crippen LogP contribution in [-0.4, -0.2) is 43.5 Å². The first kappa shape index (κ1) is 27.7. The molecule has 0 aliphatic heterocycles. The summed E-state index contributed by atoms with van der Waals surface area (Å²) in [6.45, 7) is 4.91. The lowest BCUT2D eigenvalue weighted by Gasteiger charge is -2.32. The van der Waals surface area contributed by atoms with Crippen molar-refractivity contribution in [1.82, 2.24) is 0 Å². The van der Waals surface area contributed by atoms with Crippen LogP contribution in [0.1, 0.15) is 50.3 Å². The molecule has 0 bridgehead atoms. The van der Waals surface area contributed by atoms with E-state index in [-0.39, 0.29) is 25.2 Å². The van der Waals surface area contributed by atoms with Crippen molar-refractivity contribution in [2.24, 2.45) is 0 Å². The highest BCUT2D eigenvalue weighted by atomic mass is 16.7. The molecule has 0 amide bonds. The topological polar surface area (TPSA) is 94.0 Å². The van der Waals surface area contributed by atoms with E-state index in [2.05, 4.69) is 6.92 Å². The lowest BCUT2D eigenvalue weighted by Crippen LogP contribution is -2.27. The smallest absolute Gasteiger partial charge is 0.312 e. The molecule has 196 valence electrons. The Morgan fingerprint density at radius 2 is 1.27 bits per heavy atom. The van der Waals surface area contributed by atoms with Crippen LogP contribution in [0.4, 0.5) is 0 Å². The molecule has 3 aromatic carbocycles. The molecule has 0 heterocycles. The Bertz CT molecular complexity index is 1140. The number of ether oxygens (including phenoxy) is 4. The minimum Gasteiger partial charge on any atom is -0.497 e. The molecule has 0 atom stereocenters. The van der Waals surface area contributed by atoms with Crippen LogP contribution in [0.25, 0.3) is 0 Å². The average molecular weight is 508 g/mol. The van der Waals surface area contributed by atoms with Gasteiger partial charge in [-0.15, -0.1) is 0 Å². The fourth-order valence-electron chi connectivity index (χ4n) is 4.06. The summed E-state index contributed by atoms with van der Waals surface area (Å²) >= 11 is 0. The summed E-state index contributed by atoms with van der Waals surface area (Å²) in [7, 11) is 3.28. The third kappa shape index (κ3) is 7.33. The maximum Gasteiger partial charge on any atom is 0.312 e. The molecule has 0 radical (unpaired) electrons. The van der Waals surface area contributed by atoms with Gasteiger partial charge in [-0.1, -0.05) is 36.4 Å². The van der Waals surface area contributed by atoms with Gasteiger partial charge in [0.25, 0.3) is 0 Å². The monoisotopic (exact) mass is 507 g/mol. The zero-order valence-corrected chi connectivity index (χ0v) is 22.0. The van der Waals surface area contributed by atoms with Gasteiger partial charge in [0.2, 0.25) is 0 Å². The summed E-state index contributed by atoms with van der Waals surface area (Å²) in [6, 6.07) is 23.5. The second kappa shape index (κ2) is 11.9. The lowest BCUT2D eigenvalue weighted by molar-refractivity contribution is -0.195. The molecule has 0 spiro atoms. The molecule has 7 heteroatoms. The Balaban J connectivity index is 1.82. The van der Waals surface area contributed by atoms with Gasteiger partial charge < -0.3 is 24.1 Å². The van der Waals surface area contributed by atoms with Crippen LogP contribution in [0.3, 0.4) is 0 Å². The van der Waals surface area contributed by atoms with Crippen molar-refractivity contribution in [3.8, 4) is 17.2 Å². The quantitative estimate of drug-likeness (QED) is 0.151. The summed E-state index contributed by atoms with van der Waals surface area (Å²) < 4.78 is 21.4. The van der Waals surface area contributed by atoms with E-state index in [1.165, 1.54) is 13.8 Å². The molecule has 0 fully saturated rings. The van der Waals surface area contributed by atoms with Gasteiger partial charge in [0, 0.05) is 11.8 Å². The van der Waals surface area contributed by atoms with Crippen molar-refractivity contribution < 1.29 is 33.6 Å². The zero-order chi connectivity index (χ0) is 27.1. The number of hydrogen-bond acceptors (Lipinski definition) is 6. The zero-order valence-electron chi connectivity index (χ0n) is 22.0. The van der Waals surface area contributed by atoms with Gasteiger partial charge in [-0.3, -0.25) is 9.59 Å². The van der Waals surface area contributed by atoms with Gasteiger partial charge >= 0.3 is 11.8 Å². The normalized spacial score (nSPS) is 11.5. The van der Waals surface area contributed by atoms with Crippen LogP contribution < -0.4 is 14.2 Å². The maximum absolute atomic E-state index is 12.3. The van der Waals surface area contributed by atoms with Crippen molar-refractivity contribution in [2.45, 2.75) is 44.8 Å². The number of carbonyl (C=O) groups is 2. The van der Waals surface area contributed by atoms with E-state index in [4.69, 9.17) is 24.1 Å². The Morgan fingerprint density at radius 1 is 0.730 bits per heavy atom. The van der Waals surface area contributed by atoms with Crippen LogP contribution in [-0.2, 0) is 19.7 Å². The van der Waals surface area contributed by atoms with Crippen LogP contribution in [0.2, 0.25) is 0 Å². The molecule has 37 heavy (non-hydrogen) atoms. The maximum atomic E-state index is 12.3. The molecule has 3 rings (SSSR count). The number of rotatable bonds is 12.